The maximum absolute atomic E-state index is 12.8. The van der Waals surface area contributed by atoms with Gasteiger partial charge in [0.2, 0.25) is 0 Å². The van der Waals surface area contributed by atoms with Crippen molar-refractivity contribution in [2.45, 2.75) is 11.7 Å². The molecule has 78 valence electrons. The minimum atomic E-state index is -3.72. The van der Waals surface area contributed by atoms with Crippen molar-refractivity contribution in [2.24, 2.45) is 0 Å². The Morgan fingerprint density at radius 1 is 1.40 bits per heavy atom. The van der Waals surface area contributed by atoms with Gasteiger partial charge in [0.05, 0.1) is 0 Å². The summed E-state index contributed by atoms with van der Waals surface area (Å²) in [5.41, 5.74) is 0.265. The number of alkyl halides is 2. The zero-order chi connectivity index (χ0) is 10.8. The van der Waals surface area contributed by atoms with E-state index in [0.717, 1.165) is 0 Å². The van der Waals surface area contributed by atoms with E-state index in [1.165, 1.54) is 6.07 Å². The van der Waals surface area contributed by atoms with Crippen LogP contribution >= 0.6 is 15.9 Å². The van der Waals surface area contributed by atoms with Crippen LogP contribution in [0.3, 0.4) is 0 Å². The molecule has 1 aromatic rings. The Morgan fingerprint density at radius 3 is 2.40 bits per heavy atom. The molecule has 0 saturated carbocycles. The van der Waals surface area contributed by atoms with E-state index >= 15 is 0 Å². The molecule has 1 rings (SSSR count). The molecule has 0 heterocycles. The molecule has 1 aromatic carbocycles. The van der Waals surface area contributed by atoms with Crippen LogP contribution < -0.4 is 29.6 Å². The predicted molar refractivity (Wildman–Crippen MR) is 51.7 cm³/mol. The van der Waals surface area contributed by atoms with Gasteiger partial charge in [0.1, 0.15) is 0 Å². The maximum atomic E-state index is 12.8. The van der Waals surface area contributed by atoms with Gasteiger partial charge in [-0.1, -0.05) is 34.1 Å². The fraction of sp³-hybridized carbons (Fsp3) is 0.250. The molecule has 0 amide bonds. The van der Waals surface area contributed by atoms with Crippen molar-refractivity contribution in [1.82, 2.24) is 0 Å². The van der Waals surface area contributed by atoms with Crippen LogP contribution in [0, 0.1) is 0 Å². The van der Waals surface area contributed by atoms with Gasteiger partial charge in [-0.15, -0.1) is 0 Å². The fourth-order valence-corrected chi connectivity index (χ4v) is 1.62. The molecule has 0 aliphatic heterocycles. The molecule has 2 nitrogen and oxygen atoms in total. The third kappa shape index (κ3) is 4.58. The van der Waals surface area contributed by atoms with Crippen LogP contribution in [0.5, 0.6) is 0 Å². The minimum Gasteiger partial charge on any atom is -0.768 e. The second kappa shape index (κ2) is 6.42. The van der Waals surface area contributed by atoms with Crippen molar-refractivity contribution >= 4 is 27.0 Å². The van der Waals surface area contributed by atoms with Crippen LogP contribution in [0.2, 0.25) is 0 Å². The largest absolute Gasteiger partial charge is 1.00 e. The van der Waals surface area contributed by atoms with E-state index in [0.29, 0.717) is 4.47 Å². The van der Waals surface area contributed by atoms with Crippen molar-refractivity contribution in [3.8, 4) is 0 Å². The predicted octanol–water partition coefficient (Wildman–Crippen LogP) is -0.532. The summed E-state index contributed by atoms with van der Waals surface area (Å²) in [5, 5.41) is -3.72. The number of rotatable bonds is 3. The van der Waals surface area contributed by atoms with Gasteiger partial charge >= 0.3 is 34.8 Å². The third-order valence-corrected chi connectivity index (χ3v) is 3.00. The van der Waals surface area contributed by atoms with Crippen LogP contribution in [0.4, 0.5) is 8.78 Å². The molecule has 0 bridgehead atoms. The summed E-state index contributed by atoms with van der Waals surface area (Å²) < 4.78 is 46.4. The van der Waals surface area contributed by atoms with Crippen molar-refractivity contribution in [2.75, 3.05) is 0 Å². The first-order chi connectivity index (χ1) is 6.43. The summed E-state index contributed by atoms with van der Waals surface area (Å²) in [6.07, 6.45) is -0.815. The van der Waals surface area contributed by atoms with E-state index in [1.807, 2.05) is 0 Å². The zero-order valence-electron chi connectivity index (χ0n) is 7.88. The van der Waals surface area contributed by atoms with Gasteiger partial charge < -0.3 is 4.55 Å². The Labute approximate surface area is 119 Å². The molecule has 0 saturated heterocycles. The Kier molecular flexibility index (Phi) is 6.70. The molecule has 0 fully saturated rings. The molecule has 0 N–H and O–H groups in total. The second-order valence-electron chi connectivity index (χ2n) is 2.64. The Hall–Kier alpha value is 0.670. The summed E-state index contributed by atoms with van der Waals surface area (Å²) >= 11 is -0.325. The quantitative estimate of drug-likeness (QED) is 0.556. The summed E-state index contributed by atoms with van der Waals surface area (Å²) in [4.78, 5) is 0. The van der Waals surface area contributed by atoms with Crippen molar-refractivity contribution in [3.63, 3.8) is 0 Å². The average Bonchev–Trinajstić information content (AvgIpc) is 2.08. The van der Waals surface area contributed by atoms with E-state index in [1.54, 1.807) is 18.2 Å². The van der Waals surface area contributed by atoms with Crippen LogP contribution in [0.15, 0.2) is 28.7 Å². The van der Waals surface area contributed by atoms with Gasteiger partial charge in [0, 0.05) is 22.0 Å². The topological polar surface area (TPSA) is 40.1 Å². The summed E-state index contributed by atoms with van der Waals surface area (Å²) in [6, 6.07) is 6.27. The fourth-order valence-electron chi connectivity index (χ4n) is 0.922. The Bertz CT molecular complexity index is 362. The van der Waals surface area contributed by atoms with Crippen molar-refractivity contribution in [1.29, 1.82) is 0 Å². The maximum Gasteiger partial charge on any atom is 1.00 e. The number of hydrogen-bond acceptors (Lipinski definition) is 2. The van der Waals surface area contributed by atoms with E-state index in [-0.39, 0.29) is 35.1 Å². The van der Waals surface area contributed by atoms with Gasteiger partial charge in [-0.25, -0.2) is 0 Å². The minimum absolute atomic E-state index is 0. The molecule has 1 atom stereocenters. The van der Waals surface area contributed by atoms with Gasteiger partial charge in [-0.3, -0.25) is 4.21 Å². The molecule has 7 heteroatoms. The molecule has 0 radical (unpaired) electrons. The molecule has 15 heavy (non-hydrogen) atoms. The number of hydrogen-bond donors (Lipinski definition) is 0. The first kappa shape index (κ1) is 15.7. The molecule has 0 aliphatic carbocycles. The summed E-state index contributed by atoms with van der Waals surface area (Å²) in [5.74, 6) is 0. The van der Waals surface area contributed by atoms with Crippen LogP contribution in [-0.2, 0) is 17.5 Å². The smallest absolute Gasteiger partial charge is 0.768 e. The first-order valence-corrected chi connectivity index (χ1v) is 5.51. The van der Waals surface area contributed by atoms with Gasteiger partial charge in [-0.2, -0.15) is 8.78 Å². The summed E-state index contributed by atoms with van der Waals surface area (Å²) in [6.45, 7) is 0. The van der Waals surface area contributed by atoms with Crippen LogP contribution in [0.25, 0.3) is 0 Å². The SMILES string of the molecule is O=S([O-])C(F)(F)Cc1ccccc1Br.[Na+]. The number of benzene rings is 1. The van der Waals surface area contributed by atoms with Gasteiger partial charge in [0.15, 0.2) is 0 Å². The zero-order valence-corrected chi connectivity index (χ0v) is 12.3. The molecular weight excluding hydrogens is 301 g/mol. The standard InChI is InChI=1S/C8H7BrF2O2S.Na/c9-7-4-2-1-3-6(7)5-8(10,11)14(12)13;/h1-4H,5H2,(H,12,13);/q;+1/p-1. The normalized spacial score (nSPS) is 13.1. The first-order valence-electron chi connectivity index (χ1n) is 3.64. The molecule has 0 aliphatic rings. The molecule has 0 spiro atoms. The second-order valence-corrected chi connectivity index (χ2v) is 4.56. The Morgan fingerprint density at radius 2 is 1.93 bits per heavy atom. The molecule has 1 unspecified atom stereocenters. The monoisotopic (exact) mass is 306 g/mol. The van der Waals surface area contributed by atoms with Crippen molar-refractivity contribution < 1.29 is 47.1 Å². The van der Waals surface area contributed by atoms with E-state index < -0.39 is 22.8 Å². The van der Waals surface area contributed by atoms with Crippen molar-refractivity contribution in [3.05, 3.63) is 34.3 Å². The average molecular weight is 307 g/mol. The van der Waals surface area contributed by atoms with E-state index in [4.69, 9.17) is 0 Å². The van der Waals surface area contributed by atoms with E-state index in [9.17, 15) is 17.5 Å². The van der Waals surface area contributed by atoms with Gasteiger partial charge in [0.25, 0.3) is 0 Å². The third-order valence-electron chi connectivity index (χ3n) is 1.60. The summed E-state index contributed by atoms with van der Waals surface area (Å²) in [7, 11) is 0. The Balaban J connectivity index is 0.00000196. The van der Waals surface area contributed by atoms with Gasteiger partial charge in [-0.05, 0) is 11.6 Å². The molecule has 0 aromatic heterocycles. The van der Waals surface area contributed by atoms with Crippen LogP contribution in [-0.4, -0.2) is 14.0 Å². The van der Waals surface area contributed by atoms with Crippen LogP contribution in [0.1, 0.15) is 5.56 Å². The molecular formula is C8H6BrF2NaO2S. The number of halogens is 3. The van der Waals surface area contributed by atoms with E-state index in [2.05, 4.69) is 15.9 Å².